The quantitative estimate of drug-likeness (QED) is 0.129. The molecule has 0 atom stereocenters. The van der Waals surface area contributed by atoms with E-state index in [1.54, 1.807) is 6.92 Å². The molecule has 0 fully saturated rings. The van der Waals surface area contributed by atoms with Gasteiger partial charge < -0.3 is 23.7 Å². The summed E-state index contributed by atoms with van der Waals surface area (Å²) in [5, 5.41) is 0. The Morgan fingerprint density at radius 2 is 1.39 bits per heavy atom. The molecule has 0 aromatic heterocycles. The zero-order valence-corrected chi connectivity index (χ0v) is 16.5. The Bertz CT molecular complexity index is 601. The first-order valence-electron chi connectivity index (χ1n) is 8.40. The van der Waals surface area contributed by atoms with Crippen LogP contribution in [0, 0.1) is 5.41 Å². The third-order valence-electron chi connectivity index (χ3n) is 3.49. The van der Waals surface area contributed by atoms with Gasteiger partial charge in [-0.2, -0.15) is 0 Å². The Morgan fingerprint density at radius 1 is 0.786 bits per heavy atom. The molecule has 0 aliphatic carbocycles. The Morgan fingerprint density at radius 3 is 1.93 bits per heavy atom. The van der Waals surface area contributed by atoms with Crippen LogP contribution >= 0.6 is 0 Å². The van der Waals surface area contributed by atoms with Crippen molar-refractivity contribution in [3.05, 3.63) is 36.5 Å². The summed E-state index contributed by atoms with van der Waals surface area (Å²) in [6.07, 6.45) is 7.67. The smallest absolute Gasteiger partial charge is 0.468 e. The SMILES string of the molecule is CCOC(=O)OC/C=C/CC(C/C=C/C=C/C(=O)OC)(C(=O)OC)C(=O)OC. The zero-order chi connectivity index (χ0) is 21.4. The number of carbonyl (C=O) groups excluding carboxylic acids is 4. The molecular weight excluding hydrogens is 372 g/mol. The number of rotatable bonds is 11. The predicted molar refractivity (Wildman–Crippen MR) is 98.1 cm³/mol. The fourth-order valence-electron chi connectivity index (χ4n) is 2.07. The molecule has 0 N–H and O–H groups in total. The molecule has 0 radical (unpaired) electrons. The van der Waals surface area contributed by atoms with Crippen LogP contribution in [0.3, 0.4) is 0 Å². The highest BCUT2D eigenvalue weighted by Crippen LogP contribution is 2.31. The van der Waals surface area contributed by atoms with Crippen molar-refractivity contribution in [1.29, 1.82) is 0 Å². The van der Waals surface area contributed by atoms with Gasteiger partial charge in [0.15, 0.2) is 5.41 Å². The summed E-state index contributed by atoms with van der Waals surface area (Å²) >= 11 is 0. The molecule has 0 spiro atoms. The topological polar surface area (TPSA) is 114 Å². The second kappa shape index (κ2) is 14.0. The molecule has 0 aliphatic heterocycles. The van der Waals surface area contributed by atoms with Crippen LogP contribution in [-0.2, 0) is 38.1 Å². The van der Waals surface area contributed by atoms with Gasteiger partial charge in [-0.15, -0.1) is 0 Å². The van der Waals surface area contributed by atoms with Crippen LogP contribution in [0.2, 0.25) is 0 Å². The first-order chi connectivity index (χ1) is 13.4. The van der Waals surface area contributed by atoms with Gasteiger partial charge in [0.1, 0.15) is 6.61 Å². The number of hydrogen-bond acceptors (Lipinski definition) is 9. The highest BCUT2D eigenvalue weighted by atomic mass is 16.7. The number of hydrogen-bond donors (Lipinski definition) is 0. The van der Waals surface area contributed by atoms with Crippen molar-refractivity contribution in [2.75, 3.05) is 34.5 Å². The number of carbonyl (C=O) groups is 4. The van der Waals surface area contributed by atoms with Crippen LogP contribution in [-0.4, -0.2) is 58.6 Å². The lowest BCUT2D eigenvalue weighted by Crippen LogP contribution is -2.40. The Labute approximate surface area is 163 Å². The molecule has 9 nitrogen and oxygen atoms in total. The van der Waals surface area contributed by atoms with Crippen molar-refractivity contribution in [2.45, 2.75) is 19.8 Å². The first-order valence-corrected chi connectivity index (χ1v) is 8.40. The molecule has 0 unspecified atom stereocenters. The van der Waals surface area contributed by atoms with Crippen LogP contribution in [0.5, 0.6) is 0 Å². The molecule has 0 aliphatic rings. The summed E-state index contributed by atoms with van der Waals surface area (Å²) in [7, 11) is 3.57. The van der Waals surface area contributed by atoms with Crippen molar-refractivity contribution in [3.8, 4) is 0 Å². The first kappa shape index (κ1) is 24.9. The average Bonchev–Trinajstić information content (AvgIpc) is 2.70. The van der Waals surface area contributed by atoms with E-state index in [9.17, 15) is 19.2 Å². The third-order valence-corrected chi connectivity index (χ3v) is 3.49. The molecule has 9 heteroatoms. The molecule has 0 rings (SSSR count). The van der Waals surface area contributed by atoms with Crippen molar-refractivity contribution >= 4 is 24.1 Å². The fraction of sp³-hybridized carbons (Fsp3) is 0.474. The summed E-state index contributed by atoms with van der Waals surface area (Å²) in [6, 6.07) is 0. The van der Waals surface area contributed by atoms with E-state index in [4.69, 9.17) is 14.2 Å². The van der Waals surface area contributed by atoms with Gasteiger partial charge in [0, 0.05) is 6.08 Å². The Hall–Kier alpha value is -3.10. The number of esters is 3. The molecule has 156 valence electrons. The molecular formula is C19H26O9. The summed E-state index contributed by atoms with van der Waals surface area (Å²) in [5.41, 5.74) is -1.63. The van der Waals surface area contributed by atoms with E-state index >= 15 is 0 Å². The lowest BCUT2D eigenvalue weighted by Gasteiger charge is -2.25. The van der Waals surface area contributed by atoms with Gasteiger partial charge in [-0.3, -0.25) is 9.59 Å². The molecule has 0 saturated heterocycles. The molecule has 0 heterocycles. The van der Waals surface area contributed by atoms with Crippen LogP contribution in [0.25, 0.3) is 0 Å². The Kier molecular flexibility index (Phi) is 12.5. The van der Waals surface area contributed by atoms with Crippen molar-refractivity contribution in [3.63, 3.8) is 0 Å². The summed E-state index contributed by atoms with van der Waals surface area (Å²) in [5.74, 6) is -2.10. The minimum atomic E-state index is -1.63. The highest BCUT2D eigenvalue weighted by Gasteiger charge is 2.46. The highest BCUT2D eigenvalue weighted by molar-refractivity contribution is 6.00. The normalized spacial score (nSPS) is 11.6. The third kappa shape index (κ3) is 8.52. The molecule has 0 bridgehead atoms. The van der Waals surface area contributed by atoms with Crippen LogP contribution < -0.4 is 0 Å². The van der Waals surface area contributed by atoms with Gasteiger partial charge in [0.2, 0.25) is 0 Å². The largest absolute Gasteiger partial charge is 0.508 e. The maximum absolute atomic E-state index is 12.3. The van der Waals surface area contributed by atoms with Gasteiger partial charge >= 0.3 is 24.1 Å². The van der Waals surface area contributed by atoms with Crippen molar-refractivity contribution in [1.82, 2.24) is 0 Å². The Balaban J connectivity index is 5.21. The minimum Gasteiger partial charge on any atom is -0.468 e. The van der Waals surface area contributed by atoms with Gasteiger partial charge in [-0.05, 0) is 19.8 Å². The lowest BCUT2D eigenvalue weighted by molar-refractivity contribution is -0.168. The molecule has 0 saturated carbocycles. The van der Waals surface area contributed by atoms with E-state index in [0.29, 0.717) is 0 Å². The second-order valence-electron chi connectivity index (χ2n) is 5.25. The van der Waals surface area contributed by atoms with Crippen LogP contribution in [0.1, 0.15) is 19.8 Å². The summed E-state index contributed by atoms with van der Waals surface area (Å²) in [6.45, 7) is 1.74. The average molecular weight is 398 g/mol. The van der Waals surface area contributed by atoms with Gasteiger partial charge in [0.25, 0.3) is 0 Å². The molecule has 0 aromatic rings. The van der Waals surface area contributed by atoms with Crippen LogP contribution in [0.4, 0.5) is 4.79 Å². The number of methoxy groups -OCH3 is 3. The predicted octanol–water partition coefficient (Wildman–Crippen LogP) is 2.11. The summed E-state index contributed by atoms with van der Waals surface area (Å²) < 4.78 is 23.4. The van der Waals surface area contributed by atoms with Gasteiger partial charge in [-0.1, -0.05) is 30.4 Å². The zero-order valence-electron chi connectivity index (χ0n) is 16.5. The van der Waals surface area contributed by atoms with Crippen LogP contribution in [0.15, 0.2) is 36.5 Å². The van der Waals surface area contributed by atoms with E-state index < -0.39 is 29.5 Å². The second-order valence-corrected chi connectivity index (χ2v) is 5.25. The molecule has 0 amide bonds. The van der Waals surface area contributed by atoms with E-state index in [1.165, 1.54) is 43.6 Å². The van der Waals surface area contributed by atoms with E-state index in [0.717, 1.165) is 14.2 Å². The van der Waals surface area contributed by atoms with E-state index in [2.05, 4.69) is 9.47 Å². The monoisotopic (exact) mass is 398 g/mol. The molecule has 28 heavy (non-hydrogen) atoms. The minimum absolute atomic E-state index is 0.0407. The maximum Gasteiger partial charge on any atom is 0.508 e. The standard InChI is InChI=1S/C19H26O9/c1-5-27-18(23)28-14-10-9-13-19(16(21)25-3,17(22)26-4)12-8-6-7-11-15(20)24-2/h6-11H,5,12-14H2,1-4H3/b8-6+,10-9+,11-7+. The van der Waals surface area contributed by atoms with E-state index in [1.807, 2.05) is 0 Å². The fourth-order valence-corrected chi connectivity index (χ4v) is 2.07. The molecule has 0 aromatic carbocycles. The van der Waals surface area contributed by atoms with Crippen molar-refractivity contribution < 1.29 is 42.9 Å². The van der Waals surface area contributed by atoms with Crippen molar-refractivity contribution in [2.24, 2.45) is 5.41 Å². The van der Waals surface area contributed by atoms with Gasteiger partial charge in [-0.25, -0.2) is 9.59 Å². The summed E-state index contributed by atoms with van der Waals surface area (Å²) in [4.78, 5) is 46.8. The maximum atomic E-state index is 12.3. The number of allylic oxidation sites excluding steroid dienone is 4. The van der Waals surface area contributed by atoms with E-state index in [-0.39, 0.29) is 26.1 Å². The number of ether oxygens (including phenoxy) is 5. The van der Waals surface area contributed by atoms with Gasteiger partial charge in [0.05, 0.1) is 27.9 Å². The lowest BCUT2D eigenvalue weighted by atomic mass is 9.80.